The number of aliphatic hydroxyl groups excluding tert-OH is 1. The van der Waals surface area contributed by atoms with E-state index in [0.717, 1.165) is 44.3 Å². The van der Waals surface area contributed by atoms with Gasteiger partial charge in [0.15, 0.2) is 0 Å². The van der Waals surface area contributed by atoms with Gasteiger partial charge in [0, 0.05) is 18.0 Å². The minimum atomic E-state index is -0.0657. The van der Waals surface area contributed by atoms with Crippen LogP contribution in [0.25, 0.3) is 0 Å². The lowest BCUT2D eigenvalue weighted by Gasteiger charge is -2.25. The molecule has 90 valence electrons. The van der Waals surface area contributed by atoms with Gasteiger partial charge in [0.25, 0.3) is 0 Å². The quantitative estimate of drug-likeness (QED) is 0.847. The Bertz CT molecular complexity index is 319. The van der Waals surface area contributed by atoms with Gasteiger partial charge in [0.1, 0.15) is 0 Å². The molecule has 0 spiro atoms. The fraction of sp³-hybridized carbons (Fsp3) is 0.750. The maximum atomic E-state index is 9.41. The lowest BCUT2D eigenvalue weighted by atomic mass is 9.93. The van der Waals surface area contributed by atoms with Crippen LogP contribution in [0.2, 0.25) is 0 Å². The highest BCUT2D eigenvalue weighted by Crippen LogP contribution is 2.19. The Morgan fingerprint density at radius 1 is 1.44 bits per heavy atom. The van der Waals surface area contributed by atoms with Gasteiger partial charge >= 0.3 is 0 Å². The third-order valence-corrected chi connectivity index (χ3v) is 4.21. The molecule has 1 aromatic heterocycles. The standard InChI is InChI=1S/C12H20N2OS/c1-2-12-14-10(8-16-12)7-13-9-3-5-11(15)6-4-9/h8-9,11,13,15H,2-7H2,1H3. The third kappa shape index (κ3) is 3.27. The largest absolute Gasteiger partial charge is 0.393 e. The molecule has 16 heavy (non-hydrogen) atoms. The monoisotopic (exact) mass is 240 g/mol. The van der Waals surface area contributed by atoms with Crippen LogP contribution in [0.1, 0.15) is 43.3 Å². The maximum absolute atomic E-state index is 9.41. The molecule has 1 heterocycles. The Hall–Kier alpha value is -0.450. The molecule has 0 atom stereocenters. The SMILES string of the molecule is CCc1nc(CNC2CCC(O)CC2)cs1. The van der Waals surface area contributed by atoms with Crippen LogP contribution in [0, 0.1) is 0 Å². The van der Waals surface area contributed by atoms with E-state index in [9.17, 15) is 5.11 Å². The number of aliphatic hydroxyl groups is 1. The molecule has 0 bridgehead atoms. The van der Waals surface area contributed by atoms with Gasteiger partial charge in [-0.15, -0.1) is 11.3 Å². The first-order valence-corrected chi connectivity index (χ1v) is 7.00. The molecule has 3 nitrogen and oxygen atoms in total. The Labute approximate surface area is 101 Å². The second kappa shape index (κ2) is 5.75. The van der Waals surface area contributed by atoms with Crippen LogP contribution in [0.15, 0.2) is 5.38 Å². The van der Waals surface area contributed by atoms with Crippen LogP contribution < -0.4 is 5.32 Å². The van der Waals surface area contributed by atoms with Crippen molar-refractivity contribution in [3.8, 4) is 0 Å². The van der Waals surface area contributed by atoms with Crippen LogP contribution in [0.5, 0.6) is 0 Å². The second-order valence-electron chi connectivity index (χ2n) is 4.47. The summed E-state index contributed by atoms with van der Waals surface area (Å²) in [6.07, 6.45) is 5.02. The zero-order valence-corrected chi connectivity index (χ0v) is 10.6. The Balaban J connectivity index is 1.74. The highest BCUT2D eigenvalue weighted by Gasteiger charge is 2.18. The number of nitrogens with zero attached hydrogens (tertiary/aromatic N) is 1. The molecule has 4 heteroatoms. The number of aryl methyl sites for hydroxylation is 1. The molecular formula is C12H20N2OS. The molecule has 1 fully saturated rings. The van der Waals surface area contributed by atoms with Crippen molar-refractivity contribution in [2.75, 3.05) is 0 Å². The lowest BCUT2D eigenvalue weighted by Crippen LogP contribution is -2.34. The summed E-state index contributed by atoms with van der Waals surface area (Å²) in [5, 5.41) is 16.3. The molecule has 2 N–H and O–H groups in total. The predicted molar refractivity (Wildman–Crippen MR) is 66.6 cm³/mol. The van der Waals surface area contributed by atoms with E-state index in [4.69, 9.17) is 0 Å². The number of thiazole rings is 1. The van der Waals surface area contributed by atoms with Gasteiger partial charge in [-0.3, -0.25) is 0 Å². The van der Waals surface area contributed by atoms with Gasteiger partial charge in [-0.05, 0) is 32.1 Å². The Morgan fingerprint density at radius 3 is 2.81 bits per heavy atom. The second-order valence-corrected chi connectivity index (χ2v) is 5.42. The minimum absolute atomic E-state index is 0.0657. The van der Waals surface area contributed by atoms with Gasteiger partial charge < -0.3 is 10.4 Å². The van der Waals surface area contributed by atoms with Gasteiger partial charge in [0.05, 0.1) is 16.8 Å². The normalized spacial score (nSPS) is 25.9. The molecule has 0 saturated heterocycles. The topological polar surface area (TPSA) is 45.2 Å². The Morgan fingerprint density at radius 2 is 2.19 bits per heavy atom. The van der Waals surface area contributed by atoms with E-state index >= 15 is 0 Å². The first-order chi connectivity index (χ1) is 7.78. The molecule has 1 saturated carbocycles. The van der Waals surface area contributed by atoms with Crippen LogP contribution in [-0.4, -0.2) is 22.2 Å². The zero-order chi connectivity index (χ0) is 11.4. The van der Waals surface area contributed by atoms with E-state index in [1.54, 1.807) is 11.3 Å². The molecule has 0 aliphatic heterocycles. The van der Waals surface area contributed by atoms with E-state index in [1.165, 1.54) is 5.01 Å². The number of hydrogen-bond acceptors (Lipinski definition) is 4. The highest BCUT2D eigenvalue weighted by molar-refractivity contribution is 7.09. The fourth-order valence-corrected chi connectivity index (χ4v) is 2.87. The summed E-state index contributed by atoms with van der Waals surface area (Å²) in [6, 6.07) is 0.565. The first kappa shape index (κ1) is 12.0. The summed E-state index contributed by atoms with van der Waals surface area (Å²) in [5.41, 5.74) is 1.16. The summed E-state index contributed by atoms with van der Waals surface area (Å²) < 4.78 is 0. The Kier molecular flexibility index (Phi) is 4.32. The van der Waals surface area contributed by atoms with Crippen molar-refractivity contribution >= 4 is 11.3 Å². The van der Waals surface area contributed by atoms with Crippen molar-refractivity contribution in [3.63, 3.8) is 0 Å². The average Bonchev–Trinajstić information content (AvgIpc) is 2.76. The molecule has 0 unspecified atom stereocenters. The van der Waals surface area contributed by atoms with Gasteiger partial charge in [0.2, 0.25) is 0 Å². The number of aromatic nitrogens is 1. The van der Waals surface area contributed by atoms with E-state index in [2.05, 4.69) is 22.6 Å². The number of rotatable bonds is 4. The van der Waals surface area contributed by atoms with Crippen molar-refractivity contribution < 1.29 is 5.11 Å². The lowest BCUT2D eigenvalue weighted by molar-refractivity contribution is 0.116. The molecule has 0 amide bonds. The van der Waals surface area contributed by atoms with Crippen LogP contribution in [0.4, 0.5) is 0 Å². The molecule has 0 aromatic carbocycles. The highest BCUT2D eigenvalue weighted by atomic mass is 32.1. The maximum Gasteiger partial charge on any atom is 0.0926 e. The van der Waals surface area contributed by atoms with Crippen LogP contribution >= 0.6 is 11.3 Å². The van der Waals surface area contributed by atoms with Crippen molar-refractivity contribution in [3.05, 3.63) is 16.1 Å². The van der Waals surface area contributed by atoms with E-state index in [-0.39, 0.29) is 6.10 Å². The summed E-state index contributed by atoms with van der Waals surface area (Å²) in [7, 11) is 0. The summed E-state index contributed by atoms with van der Waals surface area (Å²) >= 11 is 1.75. The third-order valence-electron chi connectivity index (χ3n) is 3.17. The van der Waals surface area contributed by atoms with E-state index < -0.39 is 0 Å². The molecule has 1 aliphatic rings. The van der Waals surface area contributed by atoms with Gasteiger partial charge in [-0.2, -0.15) is 0 Å². The van der Waals surface area contributed by atoms with Crippen molar-refractivity contribution in [2.45, 2.75) is 57.7 Å². The molecular weight excluding hydrogens is 220 g/mol. The smallest absolute Gasteiger partial charge is 0.0926 e. The molecule has 1 aliphatic carbocycles. The molecule has 0 radical (unpaired) electrons. The van der Waals surface area contributed by atoms with Crippen LogP contribution in [-0.2, 0) is 13.0 Å². The number of hydrogen-bond donors (Lipinski definition) is 2. The summed E-state index contributed by atoms with van der Waals surface area (Å²) in [6.45, 7) is 3.01. The fourth-order valence-electron chi connectivity index (χ4n) is 2.12. The summed E-state index contributed by atoms with van der Waals surface area (Å²) in [4.78, 5) is 4.53. The van der Waals surface area contributed by atoms with Gasteiger partial charge in [-0.1, -0.05) is 6.92 Å². The zero-order valence-electron chi connectivity index (χ0n) is 9.78. The van der Waals surface area contributed by atoms with Crippen molar-refractivity contribution in [1.82, 2.24) is 10.3 Å². The van der Waals surface area contributed by atoms with E-state index in [0.29, 0.717) is 6.04 Å². The molecule has 1 aromatic rings. The minimum Gasteiger partial charge on any atom is -0.393 e. The average molecular weight is 240 g/mol. The first-order valence-electron chi connectivity index (χ1n) is 6.12. The number of nitrogens with one attached hydrogen (secondary N) is 1. The summed E-state index contributed by atoms with van der Waals surface area (Å²) in [5.74, 6) is 0. The predicted octanol–water partition coefficient (Wildman–Crippen LogP) is 2.10. The van der Waals surface area contributed by atoms with Crippen molar-refractivity contribution in [1.29, 1.82) is 0 Å². The van der Waals surface area contributed by atoms with Crippen molar-refractivity contribution in [2.24, 2.45) is 0 Å². The van der Waals surface area contributed by atoms with Gasteiger partial charge in [-0.25, -0.2) is 4.98 Å². The molecule has 2 rings (SSSR count). The van der Waals surface area contributed by atoms with Crippen LogP contribution in [0.3, 0.4) is 0 Å². The van der Waals surface area contributed by atoms with E-state index in [1.807, 2.05) is 0 Å².